The van der Waals surface area contributed by atoms with Gasteiger partial charge in [0.1, 0.15) is 12.7 Å². The third-order valence-corrected chi connectivity index (χ3v) is 6.46. The molecule has 164 valence electrons. The normalized spacial score (nSPS) is 20.8. The fraction of sp³-hybridized carbons (Fsp3) is 0.409. The first kappa shape index (κ1) is 21.3. The lowest BCUT2D eigenvalue weighted by Crippen LogP contribution is -2.49. The number of amides is 1. The molecule has 1 amide bonds. The van der Waals surface area contributed by atoms with Crippen molar-refractivity contribution in [3.63, 3.8) is 0 Å². The maximum absolute atomic E-state index is 13.3. The Morgan fingerprint density at radius 3 is 2.81 bits per heavy atom. The summed E-state index contributed by atoms with van der Waals surface area (Å²) in [5.41, 5.74) is 1.96. The summed E-state index contributed by atoms with van der Waals surface area (Å²) in [7, 11) is -3.28. The highest BCUT2D eigenvalue weighted by molar-refractivity contribution is 7.89. The highest BCUT2D eigenvalue weighted by atomic mass is 32.2. The Morgan fingerprint density at radius 2 is 2.03 bits per heavy atom. The molecule has 0 bridgehead atoms. The van der Waals surface area contributed by atoms with Crippen molar-refractivity contribution in [2.45, 2.75) is 44.3 Å². The van der Waals surface area contributed by atoms with Gasteiger partial charge in [-0.25, -0.2) is 18.2 Å². The summed E-state index contributed by atoms with van der Waals surface area (Å²) >= 11 is 0. The number of sulfone groups is 1. The molecule has 0 aliphatic carbocycles. The molecule has 0 N–H and O–H groups in total. The molecule has 0 radical (unpaired) electrons. The van der Waals surface area contributed by atoms with E-state index in [0.29, 0.717) is 34.7 Å². The lowest BCUT2D eigenvalue weighted by molar-refractivity contribution is 0.0363. The zero-order valence-corrected chi connectivity index (χ0v) is 18.2. The molecule has 2 atom stereocenters. The predicted molar refractivity (Wildman–Crippen MR) is 112 cm³/mol. The van der Waals surface area contributed by atoms with Crippen LogP contribution in [0.4, 0.5) is 0 Å². The van der Waals surface area contributed by atoms with Gasteiger partial charge in [0.15, 0.2) is 9.84 Å². The first-order chi connectivity index (χ1) is 14.7. The summed E-state index contributed by atoms with van der Waals surface area (Å²) in [5.74, 6) is -0.443. The second-order valence-electron chi connectivity index (χ2n) is 8.07. The maximum Gasteiger partial charge on any atom is 0.339 e. The zero-order chi connectivity index (χ0) is 22.2. The molecule has 8 nitrogen and oxygen atoms in total. The van der Waals surface area contributed by atoms with Crippen LogP contribution in [-0.2, 0) is 26.9 Å². The van der Waals surface area contributed by atoms with E-state index in [-0.39, 0.29) is 36.4 Å². The zero-order valence-electron chi connectivity index (χ0n) is 17.4. The van der Waals surface area contributed by atoms with Crippen LogP contribution in [0.15, 0.2) is 36.5 Å². The Labute approximate surface area is 181 Å². The van der Waals surface area contributed by atoms with Gasteiger partial charge in [-0.15, -0.1) is 0 Å². The van der Waals surface area contributed by atoms with E-state index >= 15 is 0 Å². The minimum absolute atomic E-state index is 0.0157. The van der Waals surface area contributed by atoms with Gasteiger partial charge in [0.25, 0.3) is 5.91 Å². The van der Waals surface area contributed by atoms with E-state index in [1.54, 1.807) is 35.2 Å². The number of benzene rings is 1. The molecule has 0 unspecified atom stereocenters. The van der Waals surface area contributed by atoms with Gasteiger partial charge in [-0.1, -0.05) is 18.2 Å². The van der Waals surface area contributed by atoms with Crippen molar-refractivity contribution >= 4 is 21.7 Å². The fourth-order valence-electron chi connectivity index (χ4n) is 4.02. The van der Waals surface area contributed by atoms with Crippen molar-refractivity contribution in [3.8, 4) is 5.88 Å². The molecule has 2 aliphatic rings. The summed E-state index contributed by atoms with van der Waals surface area (Å²) in [6.45, 7) is 2.44. The van der Waals surface area contributed by atoms with Crippen molar-refractivity contribution in [3.05, 3.63) is 58.8 Å². The smallest absolute Gasteiger partial charge is 0.339 e. The van der Waals surface area contributed by atoms with Crippen molar-refractivity contribution in [1.29, 1.82) is 0 Å². The highest BCUT2D eigenvalue weighted by Gasteiger charge is 2.33. The van der Waals surface area contributed by atoms with Gasteiger partial charge in [0.2, 0.25) is 5.88 Å². The molecule has 1 fully saturated rings. The van der Waals surface area contributed by atoms with Crippen LogP contribution in [0.3, 0.4) is 0 Å². The molecular weight excluding hydrogens is 420 g/mol. The lowest BCUT2D eigenvalue weighted by atomic mass is 9.98. The van der Waals surface area contributed by atoms with Gasteiger partial charge >= 0.3 is 5.97 Å². The lowest BCUT2D eigenvalue weighted by Gasteiger charge is -2.38. The molecule has 3 heterocycles. The molecule has 31 heavy (non-hydrogen) atoms. The Kier molecular flexibility index (Phi) is 5.70. The number of aromatic nitrogens is 1. The van der Waals surface area contributed by atoms with Gasteiger partial charge < -0.3 is 14.4 Å². The van der Waals surface area contributed by atoms with Gasteiger partial charge in [-0.05, 0) is 37.5 Å². The number of ether oxygens (including phenoxy) is 2. The Bertz CT molecular complexity index is 1130. The SMILES string of the molecule is C[C@@H]1CC[C@@H](Oc2nccc3c2COC3=O)CN1C(=O)c1ccccc1CS(C)(=O)=O. The number of carbonyl (C=O) groups excluding carboxylic acids is 2. The second kappa shape index (κ2) is 8.30. The number of nitrogens with zero attached hydrogens (tertiary/aromatic N) is 2. The Hall–Kier alpha value is -2.94. The van der Waals surface area contributed by atoms with Crippen LogP contribution in [0, 0.1) is 0 Å². The first-order valence-electron chi connectivity index (χ1n) is 10.1. The molecule has 0 spiro atoms. The minimum atomic E-state index is -3.28. The quantitative estimate of drug-likeness (QED) is 0.652. The summed E-state index contributed by atoms with van der Waals surface area (Å²) in [6, 6.07) is 8.39. The molecule has 0 saturated carbocycles. The second-order valence-corrected chi connectivity index (χ2v) is 10.2. The number of esters is 1. The van der Waals surface area contributed by atoms with Crippen LogP contribution >= 0.6 is 0 Å². The molecular formula is C22H24N2O6S. The molecule has 1 saturated heterocycles. The predicted octanol–water partition coefficient (Wildman–Crippen LogP) is 2.37. The number of piperidine rings is 1. The van der Waals surface area contributed by atoms with Crippen LogP contribution in [-0.4, -0.2) is 55.1 Å². The molecule has 9 heteroatoms. The third-order valence-electron chi connectivity index (χ3n) is 5.63. The Morgan fingerprint density at radius 1 is 1.26 bits per heavy atom. The molecule has 1 aromatic carbocycles. The van der Waals surface area contributed by atoms with E-state index in [1.165, 1.54) is 6.20 Å². The fourth-order valence-corrected chi connectivity index (χ4v) is 4.84. The van der Waals surface area contributed by atoms with Crippen molar-refractivity contribution in [2.24, 2.45) is 0 Å². The average Bonchev–Trinajstić information content (AvgIpc) is 3.10. The number of fused-ring (bicyclic) bond motifs is 1. The first-order valence-corrected chi connectivity index (χ1v) is 12.2. The standard InChI is InChI=1S/C22H24N2O6S/c1-14-7-8-16(30-20-19-12-29-22(26)18(19)9-10-23-20)11-24(14)21(25)17-6-4-3-5-15(17)13-31(2,27)28/h3-6,9-10,14,16H,7-8,11-13H2,1-2H3/t14-,16-/m1/s1. The van der Waals surface area contributed by atoms with E-state index in [9.17, 15) is 18.0 Å². The maximum atomic E-state index is 13.3. The van der Waals surface area contributed by atoms with Gasteiger partial charge in [-0.2, -0.15) is 0 Å². The summed E-state index contributed by atoms with van der Waals surface area (Å²) in [5, 5.41) is 0. The van der Waals surface area contributed by atoms with Crippen LogP contribution in [0.25, 0.3) is 0 Å². The van der Waals surface area contributed by atoms with Gasteiger partial charge in [0, 0.05) is 24.1 Å². The number of cyclic esters (lactones) is 1. The number of hydrogen-bond donors (Lipinski definition) is 0. The topological polar surface area (TPSA) is 103 Å². The van der Waals surface area contributed by atoms with Crippen molar-refractivity contribution in [1.82, 2.24) is 9.88 Å². The summed E-state index contributed by atoms with van der Waals surface area (Å²) in [4.78, 5) is 31.1. The van der Waals surface area contributed by atoms with Crippen LogP contribution < -0.4 is 4.74 Å². The highest BCUT2D eigenvalue weighted by Crippen LogP contribution is 2.30. The number of hydrogen-bond acceptors (Lipinski definition) is 7. The number of carbonyl (C=O) groups is 2. The summed E-state index contributed by atoms with van der Waals surface area (Å²) < 4.78 is 34.8. The van der Waals surface area contributed by atoms with Crippen LogP contribution in [0.5, 0.6) is 5.88 Å². The number of rotatable bonds is 5. The minimum Gasteiger partial charge on any atom is -0.472 e. The Balaban J connectivity index is 1.54. The number of pyridine rings is 1. The van der Waals surface area contributed by atoms with E-state index in [1.807, 2.05) is 6.92 Å². The van der Waals surface area contributed by atoms with Crippen molar-refractivity contribution in [2.75, 3.05) is 12.8 Å². The van der Waals surface area contributed by atoms with E-state index in [4.69, 9.17) is 9.47 Å². The van der Waals surface area contributed by atoms with Crippen LogP contribution in [0.1, 0.15) is 51.6 Å². The van der Waals surface area contributed by atoms with E-state index in [2.05, 4.69) is 4.98 Å². The monoisotopic (exact) mass is 444 g/mol. The van der Waals surface area contributed by atoms with Gasteiger partial charge in [0.05, 0.1) is 23.4 Å². The average molecular weight is 445 g/mol. The molecule has 2 aromatic rings. The largest absolute Gasteiger partial charge is 0.472 e. The molecule has 2 aliphatic heterocycles. The third kappa shape index (κ3) is 4.56. The van der Waals surface area contributed by atoms with Crippen LogP contribution in [0.2, 0.25) is 0 Å². The number of likely N-dealkylation sites (tertiary alicyclic amines) is 1. The van der Waals surface area contributed by atoms with Crippen molar-refractivity contribution < 1.29 is 27.5 Å². The molecule has 1 aromatic heterocycles. The van der Waals surface area contributed by atoms with E-state index < -0.39 is 9.84 Å². The summed E-state index contributed by atoms with van der Waals surface area (Å²) in [6.07, 6.45) is 3.83. The van der Waals surface area contributed by atoms with Gasteiger partial charge in [-0.3, -0.25) is 4.79 Å². The van der Waals surface area contributed by atoms with E-state index in [0.717, 1.165) is 19.1 Å². The molecule has 4 rings (SSSR count).